The van der Waals surface area contributed by atoms with Gasteiger partial charge in [0.25, 0.3) is 17.7 Å². The molecule has 1 heterocycles. The highest BCUT2D eigenvalue weighted by Gasteiger charge is 2.14. The summed E-state index contributed by atoms with van der Waals surface area (Å²) in [5.41, 5.74) is 1.39. The summed E-state index contributed by atoms with van der Waals surface area (Å²) in [6, 6.07) is 14.4. The Morgan fingerprint density at radius 3 is 2.33 bits per heavy atom. The number of rotatable bonds is 7. The lowest BCUT2D eigenvalue weighted by Gasteiger charge is -2.11. The standard InChI is InChI=1S/C22H20FN3O3S/c1-14-8-9-15(13-17(14)23)20(27)24-10-11-25-21(28)16-5-2-3-6-18(16)26-22(29)19-7-4-12-30-19/h2-9,12-13H,10-11H2,1H3,(H,24,27)(H,25,28)(H,26,29). The highest BCUT2D eigenvalue weighted by molar-refractivity contribution is 7.12. The summed E-state index contributed by atoms with van der Waals surface area (Å²) in [7, 11) is 0. The number of amides is 3. The van der Waals surface area contributed by atoms with Crippen LogP contribution in [0.2, 0.25) is 0 Å². The maximum atomic E-state index is 13.6. The van der Waals surface area contributed by atoms with Gasteiger partial charge < -0.3 is 16.0 Å². The maximum Gasteiger partial charge on any atom is 0.265 e. The largest absolute Gasteiger partial charge is 0.350 e. The number of hydrogen-bond acceptors (Lipinski definition) is 4. The molecule has 2 aromatic carbocycles. The van der Waals surface area contributed by atoms with Crippen molar-refractivity contribution in [2.45, 2.75) is 6.92 Å². The van der Waals surface area contributed by atoms with E-state index in [1.54, 1.807) is 54.8 Å². The first kappa shape index (κ1) is 21.2. The molecule has 3 aromatic rings. The van der Waals surface area contributed by atoms with Crippen LogP contribution in [0.3, 0.4) is 0 Å². The second kappa shape index (κ2) is 9.80. The first-order chi connectivity index (χ1) is 14.5. The van der Waals surface area contributed by atoms with Crippen LogP contribution >= 0.6 is 11.3 Å². The van der Waals surface area contributed by atoms with Crippen molar-refractivity contribution >= 4 is 34.7 Å². The fourth-order valence-electron chi connectivity index (χ4n) is 2.67. The van der Waals surface area contributed by atoms with Crippen LogP contribution in [-0.2, 0) is 0 Å². The Bertz CT molecular complexity index is 1070. The molecule has 0 fully saturated rings. The second-order valence-electron chi connectivity index (χ2n) is 6.45. The molecule has 0 bridgehead atoms. The van der Waals surface area contributed by atoms with Crippen LogP contribution in [0.1, 0.15) is 36.0 Å². The molecule has 3 N–H and O–H groups in total. The van der Waals surface area contributed by atoms with Crippen molar-refractivity contribution in [3.63, 3.8) is 0 Å². The highest BCUT2D eigenvalue weighted by Crippen LogP contribution is 2.18. The molecule has 1 aromatic heterocycles. The van der Waals surface area contributed by atoms with Crippen LogP contribution in [0.25, 0.3) is 0 Å². The molecule has 0 radical (unpaired) electrons. The van der Waals surface area contributed by atoms with Gasteiger partial charge in [0, 0.05) is 18.7 Å². The van der Waals surface area contributed by atoms with Crippen LogP contribution in [0.5, 0.6) is 0 Å². The number of nitrogens with one attached hydrogen (secondary N) is 3. The van der Waals surface area contributed by atoms with Gasteiger partial charge in [-0.2, -0.15) is 0 Å². The Morgan fingerprint density at radius 1 is 0.900 bits per heavy atom. The van der Waals surface area contributed by atoms with Gasteiger partial charge in [0.05, 0.1) is 16.1 Å². The SMILES string of the molecule is Cc1ccc(C(=O)NCCNC(=O)c2ccccc2NC(=O)c2cccs2)cc1F. The van der Waals surface area contributed by atoms with Gasteiger partial charge in [0.15, 0.2) is 0 Å². The van der Waals surface area contributed by atoms with Crippen molar-refractivity contribution in [3.8, 4) is 0 Å². The summed E-state index contributed by atoms with van der Waals surface area (Å²) in [4.78, 5) is 37.4. The molecule has 0 saturated heterocycles. The molecule has 0 atom stereocenters. The van der Waals surface area contributed by atoms with E-state index in [0.29, 0.717) is 21.7 Å². The first-order valence-corrected chi connectivity index (χ1v) is 10.1. The fraction of sp³-hybridized carbons (Fsp3) is 0.136. The third-order valence-electron chi connectivity index (χ3n) is 4.29. The number of para-hydroxylation sites is 1. The molecule has 0 aliphatic heterocycles. The summed E-state index contributed by atoms with van der Waals surface area (Å²) in [6.45, 7) is 1.96. The predicted octanol–water partition coefficient (Wildman–Crippen LogP) is 3.61. The number of halogens is 1. The number of carbonyl (C=O) groups excluding carboxylic acids is 3. The molecule has 3 rings (SSSR count). The summed E-state index contributed by atoms with van der Waals surface area (Å²) in [6.07, 6.45) is 0. The van der Waals surface area contributed by atoms with Gasteiger partial charge in [-0.05, 0) is 48.2 Å². The Labute approximate surface area is 177 Å². The van der Waals surface area contributed by atoms with Gasteiger partial charge in [0.2, 0.25) is 0 Å². The topological polar surface area (TPSA) is 87.3 Å². The van der Waals surface area contributed by atoms with E-state index in [0.717, 1.165) is 0 Å². The summed E-state index contributed by atoms with van der Waals surface area (Å²) < 4.78 is 13.6. The zero-order chi connectivity index (χ0) is 21.5. The molecule has 154 valence electrons. The van der Waals surface area contributed by atoms with E-state index in [2.05, 4.69) is 16.0 Å². The zero-order valence-corrected chi connectivity index (χ0v) is 17.0. The van der Waals surface area contributed by atoms with E-state index < -0.39 is 11.7 Å². The van der Waals surface area contributed by atoms with Gasteiger partial charge >= 0.3 is 0 Å². The zero-order valence-electron chi connectivity index (χ0n) is 16.2. The number of anilines is 1. The van der Waals surface area contributed by atoms with Crippen molar-refractivity contribution in [1.82, 2.24) is 10.6 Å². The molecular formula is C22H20FN3O3S. The minimum absolute atomic E-state index is 0.170. The molecule has 0 saturated carbocycles. The smallest absolute Gasteiger partial charge is 0.265 e. The number of aryl methyl sites for hydroxylation is 1. The van der Waals surface area contributed by atoms with Crippen LogP contribution < -0.4 is 16.0 Å². The van der Waals surface area contributed by atoms with E-state index in [4.69, 9.17) is 0 Å². The van der Waals surface area contributed by atoms with Gasteiger partial charge in [-0.1, -0.05) is 24.3 Å². The van der Waals surface area contributed by atoms with Crippen LogP contribution in [0, 0.1) is 12.7 Å². The molecule has 3 amide bonds. The molecule has 30 heavy (non-hydrogen) atoms. The molecule has 0 unspecified atom stereocenters. The Kier molecular flexibility index (Phi) is 6.92. The van der Waals surface area contributed by atoms with Crippen LogP contribution in [0.15, 0.2) is 60.0 Å². The lowest BCUT2D eigenvalue weighted by molar-refractivity contribution is 0.0927. The third-order valence-corrected chi connectivity index (χ3v) is 5.16. The monoisotopic (exact) mass is 425 g/mol. The predicted molar refractivity (Wildman–Crippen MR) is 115 cm³/mol. The number of carbonyl (C=O) groups is 3. The quantitative estimate of drug-likeness (QED) is 0.506. The number of benzene rings is 2. The molecule has 0 spiro atoms. The highest BCUT2D eigenvalue weighted by atomic mass is 32.1. The Balaban J connectivity index is 1.53. The van der Waals surface area contributed by atoms with E-state index in [9.17, 15) is 18.8 Å². The van der Waals surface area contributed by atoms with Crippen molar-refractivity contribution in [1.29, 1.82) is 0 Å². The minimum atomic E-state index is -0.447. The van der Waals surface area contributed by atoms with E-state index in [-0.39, 0.29) is 30.5 Å². The van der Waals surface area contributed by atoms with Crippen LogP contribution in [0.4, 0.5) is 10.1 Å². The second-order valence-corrected chi connectivity index (χ2v) is 7.40. The van der Waals surface area contributed by atoms with E-state index in [1.807, 2.05) is 0 Å². The summed E-state index contributed by atoms with van der Waals surface area (Å²) in [5.74, 6) is -1.54. The summed E-state index contributed by atoms with van der Waals surface area (Å²) >= 11 is 1.31. The number of hydrogen-bond donors (Lipinski definition) is 3. The van der Waals surface area contributed by atoms with Crippen molar-refractivity contribution in [3.05, 3.63) is 87.4 Å². The minimum Gasteiger partial charge on any atom is -0.350 e. The molecular weight excluding hydrogens is 405 g/mol. The lowest BCUT2D eigenvalue weighted by Crippen LogP contribution is -2.35. The molecule has 6 nitrogen and oxygen atoms in total. The fourth-order valence-corrected chi connectivity index (χ4v) is 3.28. The van der Waals surface area contributed by atoms with E-state index >= 15 is 0 Å². The lowest BCUT2D eigenvalue weighted by atomic mass is 10.1. The van der Waals surface area contributed by atoms with Gasteiger partial charge in [-0.15, -0.1) is 11.3 Å². The normalized spacial score (nSPS) is 10.3. The molecule has 0 aliphatic rings. The Morgan fingerprint density at radius 2 is 1.63 bits per heavy atom. The van der Waals surface area contributed by atoms with Crippen molar-refractivity contribution in [2.75, 3.05) is 18.4 Å². The first-order valence-electron chi connectivity index (χ1n) is 9.22. The van der Waals surface area contributed by atoms with Crippen molar-refractivity contribution in [2.24, 2.45) is 0 Å². The molecule has 8 heteroatoms. The van der Waals surface area contributed by atoms with Gasteiger partial charge in [0.1, 0.15) is 5.82 Å². The van der Waals surface area contributed by atoms with Gasteiger partial charge in [-0.3, -0.25) is 14.4 Å². The average molecular weight is 425 g/mol. The van der Waals surface area contributed by atoms with Gasteiger partial charge in [-0.25, -0.2) is 4.39 Å². The van der Waals surface area contributed by atoms with Crippen molar-refractivity contribution < 1.29 is 18.8 Å². The molecule has 0 aliphatic carbocycles. The third kappa shape index (κ3) is 5.30. The number of thiophene rings is 1. The Hall–Kier alpha value is -3.52. The maximum absolute atomic E-state index is 13.6. The average Bonchev–Trinajstić information content (AvgIpc) is 3.28. The van der Waals surface area contributed by atoms with Crippen LogP contribution in [-0.4, -0.2) is 30.8 Å². The summed E-state index contributed by atoms with van der Waals surface area (Å²) in [5, 5.41) is 9.87. The van der Waals surface area contributed by atoms with E-state index in [1.165, 1.54) is 23.5 Å².